The van der Waals surface area contributed by atoms with Crippen LogP contribution in [0.2, 0.25) is 0 Å². The van der Waals surface area contributed by atoms with E-state index in [4.69, 9.17) is 0 Å². The maximum absolute atomic E-state index is 12.0. The molecule has 0 fully saturated rings. The number of nitrogens with one attached hydrogen (secondary N) is 1. The van der Waals surface area contributed by atoms with Crippen molar-refractivity contribution in [2.45, 2.75) is 26.7 Å². The third-order valence-electron chi connectivity index (χ3n) is 3.72. The average molecular weight is 308 g/mol. The molecule has 0 saturated carbocycles. The van der Waals surface area contributed by atoms with Crippen LogP contribution in [-0.2, 0) is 6.42 Å². The van der Waals surface area contributed by atoms with Gasteiger partial charge in [0.1, 0.15) is 11.3 Å². The summed E-state index contributed by atoms with van der Waals surface area (Å²) in [6.45, 7) is 4.80. The lowest BCUT2D eigenvalue weighted by Crippen LogP contribution is -2.23. The Hall–Kier alpha value is -2.69. The number of fused-ring (bicyclic) bond motifs is 1. The summed E-state index contributed by atoms with van der Waals surface area (Å²) in [5.74, 6) is 0.921. The van der Waals surface area contributed by atoms with Crippen LogP contribution in [0.15, 0.2) is 42.6 Å². The van der Waals surface area contributed by atoms with Crippen LogP contribution in [0.25, 0.3) is 16.9 Å². The molecule has 0 saturated heterocycles. The fourth-order valence-corrected chi connectivity index (χ4v) is 2.57. The summed E-state index contributed by atoms with van der Waals surface area (Å²) in [5.41, 5.74) is 3.36. The molecule has 0 aliphatic heterocycles. The summed E-state index contributed by atoms with van der Waals surface area (Å²) in [5, 5.41) is 2.88. The Morgan fingerprint density at radius 1 is 1.17 bits per heavy atom. The molecule has 2 heterocycles. The molecule has 1 N–H and O–H groups in total. The minimum atomic E-state index is -0.0391. The third-order valence-corrected chi connectivity index (χ3v) is 3.72. The van der Waals surface area contributed by atoms with Crippen LogP contribution in [-0.4, -0.2) is 27.0 Å². The number of rotatable bonds is 5. The van der Waals surface area contributed by atoms with Crippen molar-refractivity contribution < 1.29 is 4.79 Å². The number of aromatic nitrogens is 3. The number of pyridine rings is 1. The molecule has 3 rings (SSSR count). The molecule has 0 aliphatic rings. The van der Waals surface area contributed by atoms with Gasteiger partial charge in [-0.05, 0) is 42.8 Å². The Balaban J connectivity index is 1.98. The highest BCUT2D eigenvalue weighted by Crippen LogP contribution is 2.20. The molecule has 5 heteroatoms. The predicted molar refractivity (Wildman–Crippen MR) is 90.9 cm³/mol. The number of hydrogen-bond donors (Lipinski definition) is 1. The van der Waals surface area contributed by atoms with Gasteiger partial charge in [-0.25, -0.2) is 9.97 Å². The molecule has 5 nitrogen and oxygen atoms in total. The van der Waals surface area contributed by atoms with E-state index in [9.17, 15) is 4.79 Å². The average Bonchev–Trinajstić information content (AvgIpc) is 2.98. The first-order valence-corrected chi connectivity index (χ1v) is 7.95. The largest absolute Gasteiger partial charge is 0.352 e. The summed E-state index contributed by atoms with van der Waals surface area (Å²) >= 11 is 0. The molecule has 118 valence electrons. The topological polar surface area (TPSA) is 59.8 Å². The van der Waals surface area contributed by atoms with Crippen molar-refractivity contribution in [1.82, 2.24) is 19.9 Å². The Morgan fingerprint density at radius 3 is 2.65 bits per heavy atom. The highest BCUT2D eigenvalue weighted by atomic mass is 16.1. The number of amides is 1. The van der Waals surface area contributed by atoms with E-state index in [-0.39, 0.29) is 5.91 Å². The molecule has 0 bridgehead atoms. The standard InChI is InChI=1S/C18H20N4O/c1-3-11-20-18(23)13-7-9-14(10-8-13)22-16(4-2)21-15-6-5-12-19-17(15)22/h5-10,12H,3-4,11H2,1-2H3,(H,20,23). The molecule has 1 aromatic carbocycles. The molecular weight excluding hydrogens is 288 g/mol. The van der Waals surface area contributed by atoms with Crippen LogP contribution in [0.5, 0.6) is 0 Å². The molecule has 3 aromatic rings. The van der Waals surface area contributed by atoms with Gasteiger partial charge in [-0.2, -0.15) is 0 Å². The van der Waals surface area contributed by atoms with Crippen LogP contribution in [0.3, 0.4) is 0 Å². The minimum absolute atomic E-state index is 0.0391. The van der Waals surface area contributed by atoms with Crippen LogP contribution in [0.4, 0.5) is 0 Å². The highest BCUT2D eigenvalue weighted by molar-refractivity contribution is 5.94. The molecule has 0 radical (unpaired) electrons. The summed E-state index contributed by atoms with van der Waals surface area (Å²) in [6, 6.07) is 11.4. The van der Waals surface area contributed by atoms with Crippen LogP contribution in [0.1, 0.15) is 36.5 Å². The van der Waals surface area contributed by atoms with E-state index in [0.717, 1.165) is 35.5 Å². The molecule has 23 heavy (non-hydrogen) atoms. The van der Waals surface area contributed by atoms with E-state index in [1.807, 2.05) is 47.9 Å². The van der Waals surface area contributed by atoms with Gasteiger partial charge in [0.25, 0.3) is 5.91 Å². The second kappa shape index (κ2) is 6.60. The number of hydrogen-bond acceptors (Lipinski definition) is 3. The number of carbonyl (C=O) groups excluding carboxylic acids is 1. The minimum Gasteiger partial charge on any atom is -0.352 e. The van der Waals surface area contributed by atoms with Gasteiger partial charge in [-0.15, -0.1) is 0 Å². The number of imidazole rings is 1. The lowest BCUT2D eigenvalue weighted by Gasteiger charge is -2.09. The van der Waals surface area contributed by atoms with E-state index < -0.39 is 0 Å². The Morgan fingerprint density at radius 2 is 1.96 bits per heavy atom. The van der Waals surface area contributed by atoms with Gasteiger partial charge in [0, 0.05) is 30.4 Å². The van der Waals surface area contributed by atoms with Gasteiger partial charge in [0.05, 0.1) is 0 Å². The normalized spacial score (nSPS) is 10.9. The Bertz CT molecular complexity index is 821. The molecule has 1 amide bonds. The Kier molecular flexibility index (Phi) is 4.37. The first-order valence-electron chi connectivity index (χ1n) is 7.95. The van der Waals surface area contributed by atoms with Crippen molar-refractivity contribution in [3.05, 3.63) is 54.0 Å². The van der Waals surface area contributed by atoms with Gasteiger partial charge in [0.2, 0.25) is 0 Å². The highest BCUT2D eigenvalue weighted by Gasteiger charge is 2.12. The zero-order valence-electron chi connectivity index (χ0n) is 13.4. The smallest absolute Gasteiger partial charge is 0.251 e. The van der Waals surface area contributed by atoms with Gasteiger partial charge in [0.15, 0.2) is 5.65 Å². The predicted octanol–water partition coefficient (Wildman–Crippen LogP) is 3.12. The molecule has 0 unspecified atom stereocenters. The molecule has 0 spiro atoms. The van der Waals surface area contributed by atoms with Crippen molar-refractivity contribution in [3.63, 3.8) is 0 Å². The van der Waals surface area contributed by atoms with E-state index >= 15 is 0 Å². The van der Waals surface area contributed by atoms with E-state index in [2.05, 4.69) is 22.2 Å². The lowest BCUT2D eigenvalue weighted by atomic mass is 10.2. The fraction of sp³-hybridized carbons (Fsp3) is 0.278. The number of benzene rings is 1. The maximum Gasteiger partial charge on any atom is 0.251 e. The summed E-state index contributed by atoms with van der Waals surface area (Å²) in [4.78, 5) is 21.1. The monoisotopic (exact) mass is 308 g/mol. The van der Waals surface area contributed by atoms with Gasteiger partial charge in [-0.1, -0.05) is 13.8 Å². The van der Waals surface area contributed by atoms with Crippen molar-refractivity contribution in [1.29, 1.82) is 0 Å². The van der Waals surface area contributed by atoms with Crippen molar-refractivity contribution in [2.24, 2.45) is 0 Å². The number of aryl methyl sites for hydroxylation is 1. The van der Waals surface area contributed by atoms with E-state index in [0.29, 0.717) is 12.1 Å². The van der Waals surface area contributed by atoms with Gasteiger partial charge < -0.3 is 5.32 Å². The van der Waals surface area contributed by atoms with Crippen molar-refractivity contribution >= 4 is 17.1 Å². The third kappa shape index (κ3) is 2.95. The number of carbonyl (C=O) groups is 1. The quantitative estimate of drug-likeness (QED) is 0.788. The fourth-order valence-electron chi connectivity index (χ4n) is 2.57. The van der Waals surface area contributed by atoms with Crippen LogP contribution < -0.4 is 5.32 Å². The van der Waals surface area contributed by atoms with E-state index in [1.165, 1.54) is 0 Å². The van der Waals surface area contributed by atoms with Crippen molar-refractivity contribution in [3.8, 4) is 5.69 Å². The van der Waals surface area contributed by atoms with Crippen LogP contribution in [0, 0.1) is 0 Å². The summed E-state index contributed by atoms with van der Waals surface area (Å²) in [7, 11) is 0. The van der Waals surface area contributed by atoms with Gasteiger partial charge >= 0.3 is 0 Å². The lowest BCUT2D eigenvalue weighted by molar-refractivity contribution is 0.0953. The Labute approximate surface area is 135 Å². The molecule has 0 aliphatic carbocycles. The maximum atomic E-state index is 12.0. The van der Waals surface area contributed by atoms with Crippen LogP contribution >= 0.6 is 0 Å². The second-order valence-corrected chi connectivity index (χ2v) is 5.37. The molecule has 0 atom stereocenters. The first kappa shape index (κ1) is 15.2. The summed E-state index contributed by atoms with van der Waals surface area (Å²) in [6.07, 6.45) is 3.51. The molecular formula is C18H20N4O. The van der Waals surface area contributed by atoms with Gasteiger partial charge in [-0.3, -0.25) is 9.36 Å². The molecule has 2 aromatic heterocycles. The van der Waals surface area contributed by atoms with Crippen molar-refractivity contribution in [2.75, 3.05) is 6.54 Å². The summed E-state index contributed by atoms with van der Waals surface area (Å²) < 4.78 is 2.04. The first-order chi connectivity index (χ1) is 11.2. The number of nitrogens with zero attached hydrogens (tertiary/aromatic N) is 3. The zero-order chi connectivity index (χ0) is 16.2. The SMILES string of the molecule is CCCNC(=O)c1ccc(-n2c(CC)nc3cccnc32)cc1. The second-order valence-electron chi connectivity index (χ2n) is 5.37. The van der Waals surface area contributed by atoms with E-state index in [1.54, 1.807) is 6.20 Å². The zero-order valence-corrected chi connectivity index (χ0v) is 13.4.